The first kappa shape index (κ1) is 17.6. The first-order valence-electron chi connectivity index (χ1n) is 8.84. The summed E-state index contributed by atoms with van der Waals surface area (Å²) in [6.07, 6.45) is 0. The summed E-state index contributed by atoms with van der Waals surface area (Å²) in [4.78, 5) is 12.9. The van der Waals surface area contributed by atoms with Gasteiger partial charge in [-0.3, -0.25) is 4.79 Å². The van der Waals surface area contributed by atoms with Gasteiger partial charge in [0.05, 0.1) is 5.69 Å². The molecule has 140 valence electrons. The molecule has 0 aliphatic rings. The molecule has 0 spiro atoms. The minimum absolute atomic E-state index is 0.312. The van der Waals surface area contributed by atoms with E-state index in [4.69, 9.17) is 0 Å². The smallest absolute Gasteiger partial charge is 0.272 e. The van der Waals surface area contributed by atoms with Crippen molar-refractivity contribution in [2.24, 2.45) is 0 Å². The van der Waals surface area contributed by atoms with E-state index < -0.39 is 6.04 Å². The van der Waals surface area contributed by atoms with Gasteiger partial charge in [-0.25, -0.2) is 4.68 Å². The minimum atomic E-state index is -0.530. The van der Waals surface area contributed by atoms with Crippen molar-refractivity contribution in [1.29, 1.82) is 0 Å². The highest BCUT2D eigenvalue weighted by Gasteiger charge is 2.23. The quantitative estimate of drug-likeness (QED) is 0.560. The third kappa shape index (κ3) is 3.52. The second-order valence-corrected chi connectivity index (χ2v) is 6.51. The molecule has 0 bridgehead atoms. The van der Waals surface area contributed by atoms with Crippen molar-refractivity contribution in [3.05, 3.63) is 89.0 Å². The van der Waals surface area contributed by atoms with Crippen LogP contribution in [0.15, 0.2) is 60.7 Å². The van der Waals surface area contributed by atoms with Crippen LogP contribution in [0.25, 0.3) is 5.69 Å². The Bertz CT molecular complexity index is 1070. The van der Waals surface area contributed by atoms with E-state index in [1.807, 2.05) is 68.4 Å². The number of nitrogens with zero attached hydrogens (tertiary/aromatic N) is 5. The molecule has 8 nitrogen and oxygen atoms in total. The number of tetrazole rings is 1. The van der Waals surface area contributed by atoms with Crippen LogP contribution in [0.2, 0.25) is 0 Å². The van der Waals surface area contributed by atoms with E-state index in [-0.39, 0.29) is 5.91 Å². The van der Waals surface area contributed by atoms with Gasteiger partial charge in [0.2, 0.25) is 5.82 Å². The van der Waals surface area contributed by atoms with E-state index in [0.29, 0.717) is 11.5 Å². The third-order valence-electron chi connectivity index (χ3n) is 4.43. The highest BCUT2D eigenvalue weighted by molar-refractivity contribution is 5.93. The molecule has 28 heavy (non-hydrogen) atoms. The topological polar surface area (TPSA) is 101 Å². The van der Waals surface area contributed by atoms with Gasteiger partial charge in [0, 0.05) is 5.69 Å². The fraction of sp³-hybridized carbons (Fsp3) is 0.150. The van der Waals surface area contributed by atoms with Crippen molar-refractivity contribution in [2.75, 3.05) is 0 Å². The van der Waals surface area contributed by atoms with Gasteiger partial charge in [-0.2, -0.15) is 10.3 Å². The van der Waals surface area contributed by atoms with Crippen molar-refractivity contribution in [1.82, 2.24) is 35.7 Å². The first-order chi connectivity index (χ1) is 13.6. The van der Waals surface area contributed by atoms with Gasteiger partial charge in [-0.1, -0.05) is 53.2 Å². The predicted octanol–water partition coefficient (Wildman–Crippen LogP) is 2.52. The Morgan fingerprint density at radius 2 is 1.82 bits per heavy atom. The number of benzene rings is 2. The van der Waals surface area contributed by atoms with Gasteiger partial charge in [-0.15, -0.1) is 10.2 Å². The van der Waals surface area contributed by atoms with Crippen LogP contribution in [0.5, 0.6) is 0 Å². The summed E-state index contributed by atoms with van der Waals surface area (Å²) in [5.74, 6) is 0.0712. The average Bonchev–Trinajstić information content (AvgIpc) is 3.37. The predicted molar refractivity (Wildman–Crippen MR) is 103 cm³/mol. The van der Waals surface area contributed by atoms with Crippen LogP contribution in [-0.4, -0.2) is 36.3 Å². The molecule has 8 heteroatoms. The lowest BCUT2D eigenvalue weighted by Gasteiger charge is -2.15. The van der Waals surface area contributed by atoms with Crippen molar-refractivity contribution in [2.45, 2.75) is 19.9 Å². The molecule has 2 heterocycles. The molecule has 0 saturated carbocycles. The molecule has 0 fully saturated rings. The van der Waals surface area contributed by atoms with E-state index in [0.717, 1.165) is 22.5 Å². The molecule has 0 saturated heterocycles. The number of amides is 1. The lowest BCUT2D eigenvalue weighted by molar-refractivity contribution is 0.0936. The second kappa shape index (κ2) is 7.43. The normalized spacial score (nSPS) is 11.9. The van der Waals surface area contributed by atoms with E-state index in [1.54, 1.807) is 10.7 Å². The second-order valence-electron chi connectivity index (χ2n) is 6.51. The van der Waals surface area contributed by atoms with Gasteiger partial charge in [0.15, 0.2) is 5.69 Å². The lowest BCUT2D eigenvalue weighted by Crippen LogP contribution is -2.30. The number of carbonyl (C=O) groups is 1. The molecule has 0 aliphatic carbocycles. The van der Waals surface area contributed by atoms with Gasteiger partial charge in [-0.05, 0) is 37.6 Å². The Labute approximate surface area is 161 Å². The summed E-state index contributed by atoms with van der Waals surface area (Å²) in [5, 5.41) is 21.5. The number of hydrogen-bond donors (Lipinski definition) is 2. The molecule has 1 unspecified atom stereocenters. The van der Waals surface area contributed by atoms with Crippen molar-refractivity contribution in [3.63, 3.8) is 0 Å². The Hall–Kier alpha value is -3.81. The number of aromatic nitrogens is 6. The SMILES string of the molecule is Cc1ccc(-n2nc(C(=O)NC(c3ccccc3)c3nn[nH]n3)cc2C)cc1. The Morgan fingerprint density at radius 3 is 2.50 bits per heavy atom. The zero-order valence-electron chi connectivity index (χ0n) is 15.5. The number of nitrogens with one attached hydrogen (secondary N) is 2. The zero-order chi connectivity index (χ0) is 19.5. The van der Waals surface area contributed by atoms with Crippen molar-refractivity contribution in [3.8, 4) is 5.69 Å². The van der Waals surface area contributed by atoms with Gasteiger partial charge in [0.25, 0.3) is 5.91 Å². The first-order valence-corrected chi connectivity index (χ1v) is 8.84. The summed E-state index contributed by atoms with van der Waals surface area (Å²) in [5.41, 5.74) is 4.11. The summed E-state index contributed by atoms with van der Waals surface area (Å²) < 4.78 is 1.75. The molecule has 4 aromatic rings. The number of hydrogen-bond acceptors (Lipinski definition) is 5. The number of carbonyl (C=O) groups excluding carboxylic acids is 1. The fourth-order valence-electron chi connectivity index (χ4n) is 2.97. The molecular weight excluding hydrogens is 354 g/mol. The molecule has 2 N–H and O–H groups in total. The maximum Gasteiger partial charge on any atom is 0.272 e. The Morgan fingerprint density at radius 1 is 1.07 bits per heavy atom. The van der Waals surface area contributed by atoms with Crippen LogP contribution in [-0.2, 0) is 0 Å². The summed E-state index contributed by atoms with van der Waals surface area (Å²) >= 11 is 0. The monoisotopic (exact) mass is 373 g/mol. The van der Waals surface area contributed by atoms with Gasteiger partial charge < -0.3 is 5.32 Å². The van der Waals surface area contributed by atoms with E-state index in [2.05, 4.69) is 31.0 Å². The average molecular weight is 373 g/mol. The molecule has 1 amide bonds. The van der Waals surface area contributed by atoms with Crippen LogP contribution in [0.1, 0.15) is 39.2 Å². The van der Waals surface area contributed by atoms with Crippen LogP contribution in [0.3, 0.4) is 0 Å². The number of H-pyrrole nitrogens is 1. The number of aromatic amines is 1. The maximum absolute atomic E-state index is 12.9. The summed E-state index contributed by atoms with van der Waals surface area (Å²) in [6.45, 7) is 3.94. The van der Waals surface area contributed by atoms with Crippen molar-refractivity contribution < 1.29 is 4.79 Å². The van der Waals surface area contributed by atoms with Gasteiger partial charge in [0.1, 0.15) is 6.04 Å². The Balaban J connectivity index is 1.62. The molecule has 0 aliphatic heterocycles. The molecule has 1 atom stereocenters. The number of rotatable bonds is 5. The molecule has 2 aromatic heterocycles. The zero-order valence-corrected chi connectivity index (χ0v) is 15.5. The molecular formula is C20H19N7O. The maximum atomic E-state index is 12.9. The van der Waals surface area contributed by atoms with Crippen LogP contribution < -0.4 is 5.32 Å². The largest absolute Gasteiger partial charge is 0.336 e. The van der Waals surface area contributed by atoms with E-state index in [1.165, 1.54) is 0 Å². The van der Waals surface area contributed by atoms with Crippen LogP contribution in [0, 0.1) is 13.8 Å². The highest BCUT2D eigenvalue weighted by Crippen LogP contribution is 2.19. The van der Waals surface area contributed by atoms with E-state index >= 15 is 0 Å². The van der Waals surface area contributed by atoms with Gasteiger partial charge >= 0.3 is 0 Å². The van der Waals surface area contributed by atoms with E-state index in [9.17, 15) is 4.79 Å². The third-order valence-corrected chi connectivity index (χ3v) is 4.43. The fourth-order valence-corrected chi connectivity index (χ4v) is 2.97. The minimum Gasteiger partial charge on any atom is -0.336 e. The molecule has 0 radical (unpaired) electrons. The van der Waals surface area contributed by atoms with Crippen LogP contribution in [0.4, 0.5) is 0 Å². The summed E-state index contributed by atoms with van der Waals surface area (Å²) in [6, 6.07) is 18.7. The van der Waals surface area contributed by atoms with Crippen LogP contribution >= 0.6 is 0 Å². The summed E-state index contributed by atoms with van der Waals surface area (Å²) in [7, 11) is 0. The van der Waals surface area contributed by atoms with Crippen molar-refractivity contribution >= 4 is 5.91 Å². The standard InChI is InChI=1S/C20H19N7O/c1-13-8-10-16(11-9-13)27-14(2)12-17(24-27)20(28)21-18(19-22-25-26-23-19)15-6-4-3-5-7-15/h3-12,18H,1-2H3,(H,21,28)(H,22,23,25,26). The number of aryl methyl sites for hydroxylation is 2. The lowest BCUT2D eigenvalue weighted by atomic mass is 10.1. The molecule has 2 aromatic carbocycles. The molecule has 4 rings (SSSR count). The highest BCUT2D eigenvalue weighted by atomic mass is 16.2. The Kier molecular flexibility index (Phi) is 4.67.